The number of allylic oxidation sites excluding steroid dienone is 6. The molecule has 1 aliphatic carbocycles. The average molecular weight is 1320 g/mol. The summed E-state index contributed by atoms with van der Waals surface area (Å²) < 4.78 is 145. The zero-order valence-corrected chi connectivity index (χ0v) is 55.2. The monoisotopic (exact) mass is 1320 g/mol. The van der Waals surface area contributed by atoms with E-state index in [1.165, 1.54) is 31.5 Å². The van der Waals surface area contributed by atoms with Gasteiger partial charge in [0.25, 0.3) is 40.5 Å². The van der Waals surface area contributed by atoms with E-state index < -0.39 is 85.8 Å². The summed E-state index contributed by atoms with van der Waals surface area (Å²) in [7, 11) is -18.1. The second-order valence-electron chi connectivity index (χ2n) is 25.4. The molecule has 3 heterocycles. The van der Waals surface area contributed by atoms with Gasteiger partial charge in [-0.3, -0.25) is 32.6 Å². The van der Waals surface area contributed by atoms with E-state index >= 15 is 0 Å². The number of carbonyl (C=O) groups is 3. The Balaban J connectivity index is 1.27. The van der Waals surface area contributed by atoms with Crippen LogP contribution in [0.2, 0.25) is 0 Å². The first-order valence-corrected chi connectivity index (χ1v) is 35.9. The van der Waals surface area contributed by atoms with Crippen LogP contribution in [0.15, 0.2) is 130 Å². The summed E-state index contributed by atoms with van der Waals surface area (Å²) in [6, 6.07) is 13.7. The zero-order valence-electron chi connectivity index (χ0n) is 51.9. The van der Waals surface area contributed by atoms with Crippen LogP contribution in [0.3, 0.4) is 0 Å². The second-order valence-corrected chi connectivity index (χ2v) is 31.3. The summed E-state index contributed by atoms with van der Waals surface area (Å²) in [6.45, 7) is 15.6. The fourth-order valence-electron chi connectivity index (χ4n) is 11.8. The number of benzene rings is 3. The van der Waals surface area contributed by atoms with Gasteiger partial charge in [-0.25, -0.2) is 4.98 Å². The lowest BCUT2D eigenvalue weighted by Gasteiger charge is -2.27. The smallest absolute Gasteiger partial charge is 0.319 e. The average Bonchev–Trinajstić information content (AvgIpc) is 1.62. The third-order valence-corrected chi connectivity index (χ3v) is 20.0. The fourth-order valence-corrected chi connectivity index (χ4v) is 13.9. The van der Waals surface area contributed by atoms with Gasteiger partial charge in [0.15, 0.2) is 5.71 Å². The van der Waals surface area contributed by atoms with Crippen molar-refractivity contribution in [1.29, 1.82) is 0 Å². The molecule has 4 aromatic rings. The van der Waals surface area contributed by atoms with Gasteiger partial charge in [-0.15, -0.1) is 0 Å². The summed E-state index contributed by atoms with van der Waals surface area (Å²) in [6.07, 6.45) is 14.6. The molecule has 3 atom stereocenters. The molecule has 23 nitrogen and oxygen atoms in total. The third kappa shape index (κ3) is 18.2. The molecule has 1 unspecified atom stereocenters. The molecule has 0 bridgehead atoms. The largest absolute Gasteiger partial charge is 0.480 e. The number of aromatic amines is 1. The molecule has 0 spiro atoms. The minimum Gasteiger partial charge on any atom is -0.480 e. The van der Waals surface area contributed by atoms with Crippen molar-refractivity contribution in [2.24, 2.45) is 11.3 Å². The maximum Gasteiger partial charge on any atom is 0.319 e. The van der Waals surface area contributed by atoms with Crippen LogP contribution in [0, 0.1) is 11.3 Å². The maximum absolute atomic E-state index is 14.0. The highest BCUT2D eigenvalue weighted by Gasteiger charge is 2.50. The van der Waals surface area contributed by atoms with Gasteiger partial charge in [-0.2, -0.15) is 38.2 Å². The molecule has 1 aromatic heterocycles. The minimum atomic E-state index is -4.81. The van der Waals surface area contributed by atoms with Crippen molar-refractivity contribution in [1.82, 2.24) is 20.6 Å². The van der Waals surface area contributed by atoms with E-state index in [0.717, 1.165) is 30.5 Å². The van der Waals surface area contributed by atoms with Crippen LogP contribution in [-0.4, -0.2) is 132 Å². The van der Waals surface area contributed by atoms with Crippen LogP contribution < -0.4 is 20.3 Å². The van der Waals surface area contributed by atoms with E-state index in [4.69, 9.17) is 4.74 Å². The van der Waals surface area contributed by atoms with Crippen molar-refractivity contribution in [2.75, 3.05) is 29.5 Å². The zero-order chi connectivity index (χ0) is 66.4. The van der Waals surface area contributed by atoms with Gasteiger partial charge in [-0.05, 0) is 162 Å². The van der Waals surface area contributed by atoms with Gasteiger partial charge in [0, 0.05) is 78.4 Å². The summed E-state index contributed by atoms with van der Waals surface area (Å²) in [5.41, 5.74) is 1.92. The minimum absolute atomic E-state index is 0.0103. The molecule has 0 radical (unpaired) electrons. The molecule has 27 heteroatoms. The first kappa shape index (κ1) is 70.6. The molecular formula is C63H83N6O17S4+. The number of anilines is 1. The van der Waals surface area contributed by atoms with Crippen molar-refractivity contribution in [3.63, 3.8) is 0 Å². The predicted octanol–water partition coefficient (Wildman–Crippen LogP) is 8.99. The number of amides is 2. The van der Waals surface area contributed by atoms with Crippen LogP contribution in [-0.2, 0) is 78.5 Å². The number of hydrogen-bond acceptors (Lipinski definition) is 14. The Bertz CT molecular complexity index is 3980. The number of unbranched alkanes of at least 4 members (excludes halogenated alkanes) is 2. The summed E-state index contributed by atoms with van der Waals surface area (Å²) in [5.74, 6) is -1.80. The number of carboxylic acids is 1. The quantitative estimate of drug-likeness (QED) is 0.0137. The van der Waals surface area contributed by atoms with Crippen LogP contribution in [0.25, 0.3) is 0 Å². The molecule has 0 saturated carbocycles. The normalized spacial score (nSPS) is 18.8. The number of hydrogen-bond donors (Lipinski definition) is 8. The molecule has 90 heavy (non-hydrogen) atoms. The predicted molar refractivity (Wildman–Crippen MR) is 340 cm³/mol. The second kappa shape index (κ2) is 28.3. The first-order chi connectivity index (χ1) is 41.9. The Morgan fingerprint density at radius 3 is 2.02 bits per heavy atom. The van der Waals surface area contributed by atoms with E-state index in [9.17, 15) is 71.4 Å². The van der Waals surface area contributed by atoms with Crippen LogP contribution in [0.4, 0.5) is 11.4 Å². The molecule has 0 saturated heterocycles. The molecule has 7 rings (SSSR count). The van der Waals surface area contributed by atoms with E-state index in [1.807, 2.05) is 63.5 Å². The molecule has 2 amide bonds. The van der Waals surface area contributed by atoms with Crippen molar-refractivity contribution in [2.45, 2.75) is 165 Å². The Labute approximate surface area is 527 Å². The highest BCUT2D eigenvalue weighted by Crippen LogP contribution is 2.50. The van der Waals surface area contributed by atoms with Gasteiger partial charge >= 0.3 is 5.97 Å². The summed E-state index contributed by atoms with van der Waals surface area (Å²) >= 11 is 0. The Kier molecular flexibility index (Phi) is 22.2. The number of carboxylic acid groups (broad SMARTS) is 1. The summed E-state index contributed by atoms with van der Waals surface area (Å²) in [5, 5.41) is 17.1. The van der Waals surface area contributed by atoms with Crippen molar-refractivity contribution < 1.29 is 80.7 Å². The number of ether oxygens (including phenoxy) is 1. The van der Waals surface area contributed by atoms with Crippen molar-refractivity contribution in [3.05, 3.63) is 142 Å². The highest BCUT2D eigenvalue weighted by molar-refractivity contribution is 7.86. The summed E-state index contributed by atoms with van der Waals surface area (Å²) in [4.78, 5) is 48.9. The fraction of sp³-hybridized carbons (Fsp3) is 0.476. The van der Waals surface area contributed by atoms with Gasteiger partial charge < -0.3 is 30.4 Å². The van der Waals surface area contributed by atoms with Crippen LogP contribution >= 0.6 is 0 Å². The molecule has 490 valence electrons. The van der Waals surface area contributed by atoms with Crippen LogP contribution in [0.1, 0.15) is 142 Å². The lowest BCUT2D eigenvalue weighted by Crippen LogP contribution is -2.51. The number of aliphatic carboxylic acids is 1. The van der Waals surface area contributed by atoms with Crippen LogP contribution in [0.5, 0.6) is 5.75 Å². The molecular weight excluding hydrogens is 1240 g/mol. The molecule has 3 aliphatic rings. The SMILES string of the molecule is CC(C)CCC(C)(C)CC(=O)N[C@@H](Cc1cnc[nH]1)C(=O)N[C@H](C)Cc1ccc(OC2=C(/C=C/C3=[N+](CCCCS(=O)(=O)O)c4ccc(S(=O)(=O)O)cc4C3(C)C)CCC/C2=C\C=C2\N(CCCCS(=O)(=O)O)c3ccc(S(=O)(=O)O)cc3C2(C)C(=O)O)cc1. The van der Waals surface area contributed by atoms with E-state index in [1.54, 1.807) is 41.4 Å². The number of aromatic nitrogens is 2. The molecule has 8 N–H and O–H groups in total. The molecule has 0 fully saturated rings. The van der Waals surface area contributed by atoms with Crippen molar-refractivity contribution in [3.8, 4) is 5.75 Å². The van der Waals surface area contributed by atoms with Gasteiger partial charge in [-0.1, -0.05) is 52.3 Å². The number of nitrogens with zero attached hydrogens (tertiary/aromatic N) is 3. The number of H-pyrrole nitrogens is 1. The lowest BCUT2D eigenvalue weighted by atomic mass is 9.81. The molecule has 3 aromatic carbocycles. The number of carbonyl (C=O) groups excluding carboxylic acids is 2. The molecule has 2 aliphatic heterocycles. The number of nitrogens with one attached hydrogen (secondary N) is 3. The number of fused-ring (bicyclic) bond motifs is 2. The Hall–Kier alpha value is -6.85. The van der Waals surface area contributed by atoms with Gasteiger partial charge in [0.1, 0.15) is 29.5 Å². The number of rotatable bonds is 30. The standard InChI is InChI=1S/C63H82N6O17S4/c1-41(2)28-29-61(4,5)38-57(70)67-52(35-46-39-64-40-65-46)59(71)66-42(3)34-43-16-20-47(21-17-43)86-58-44(18-26-55-62(6,7)50-36-48(89(80,81)82)22-24-53(50)68(55)30-9-11-32-87(74,75)76)14-13-15-45(58)19-27-56-63(8,60(72)73)51-37-49(90(83,84)85)23-25-54(51)69(56)31-10-12-33-88(77,78)79/h16-27,36-37,39-42,52H,9-15,28-35,38H2,1-8H3,(H7-,64,65,66,67,70,71,72,73,74,75,76,77,78,79,80,81,82,83,84,85)/p+1/t42-,52+,63?/m1/s1. The van der Waals surface area contributed by atoms with E-state index in [0.29, 0.717) is 83.3 Å². The first-order valence-electron chi connectivity index (χ1n) is 29.8. The maximum atomic E-state index is 14.0. The lowest BCUT2D eigenvalue weighted by molar-refractivity contribution is -0.438. The van der Waals surface area contributed by atoms with E-state index in [2.05, 4.69) is 34.4 Å². The van der Waals surface area contributed by atoms with E-state index in [-0.39, 0.29) is 84.3 Å². The third-order valence-electron chi connectivity index (χ3n) is 16.7. The van der Waals surface area contributed by atoms with Gasteiger partial charge in [0.05, 0.1) is 33.0 Å². The Morgan fingerprint density at radius 2 is 1.42 bits per heavy atom. The highest BCUT2D eigenvalue weighted by atomic mass is 32.2. The van der Waals surface area contributed by atoms with Crippen molar-refractivity contribution >= 4 is 75.3 Å². The van der Waals surface area contributed by atoms with Gasteiger partial charge in [0.2, 0.25) is 17.5 Å². The topological polar surface area (TPSA) is 357 Å². The number of imidazole rings is 1. The Morgan fingerprint density at radius 1 is 0.789 bits per heavy atom.